The Hall–Kier alpha value is -2.99. The number of thioether (sulfide) groups is 1. The molecule has 1 aliphatic carbocycles. The molecule has 9 N–H and O–H groups in total. The number of hydrogen-bond acceptors (Lipinski definition) is 18. The van der Waals surface area contributed by atoms with Crippen LogP contribution in [0.1, 0.15) is 11.6 Å². The van der Waals surface area contributed by atoms with Crippen LogP contribution in [0, 0.1) is 0 Å². The molecule has 0 bridgehead atoms. The summed E-state index contributed by atoms with van der Waals surface area (Å²) in [5.41, 5.74) is 8.46. The molecule has 10 atom stereocenters. The molecule has 2 saturated heterocycles. The highest BCUT2D eigenvalue weighted by Gasteiger charge is 2.80. The third-order valence-corrected chi connectivity index (χ3v) is 10.2. The number of nitrogens with two attached hydrogens (primary N) is 2. The Morgan fingerprint density at radius 1 is 1.21 bits per heavy atom. The highest BCUT2D eigenvalue weighted by atomic mass is 32.5. The third kappa shape index (κ3) is 4.04. The third-order valence-electron chi connectivity index (χ3n) is 7.17. The van der Waals surface area contributed by atoms with Gasteiger partial charge in [0.1, 0.15) is 30.0 Å². The number of hydrogen-bond donors (Lipinski definition) is 7. The first-order valence-corrected chi connectivity index (χ1v) is 15.6. The summed E-state index contributed by atoms with van der Waals surface area (Å²) in [5.74, 6) is -0.212. The summed E-state index contributed by atoms with van der Waals surface area (Å²) in [6.45, 7) is -4.85. The summed E-state index contributed by atoms with van der Waals surface area (Å²) in [5, 5.41) is 45.1. The molecule has 2 unspecified atom stereocenters. The van der Waals surface area contributed by atoms with Gasteiger partial charge in [-0.2, -0.15) is 9.67 Å². The predicted octanol–water partition coefficient (Wildman–Crippen LogP) is -3.15. The van der Waals surface area contributed by atoms with Crippen molar-refractivity contribution in [1.82, 2.24) is 49.9 Å². The number of aliphatic hydroxyl groups excluding tert-OH is 2. The molecule has 4 aromatic heterocycles. The zero-order chi connectivity index (χ0) is 29.7. The van der Waals surface area contributed by atoms with Crippen LogP contribution in [-0.4, -0.2) is 118 Å². The van der Waals surface area contributed by atoms with Crippen LogP contribution in [0.5, 0.6) is 0 Å². The van der Waals surface area contributed by atoms with E-state index in [1.165, 1.54) is 0 Å². The van der Waals surface area contributed by atoms with Gasteiger partial charge in [0.15, 0.2) is 46.1 Å². The monoisotopic (exact) mass is 646 g/mol. The minimum atomic E-state index is -4.35. The topological polar surface area (TPSA) is 294 Å². The van der Waals surface area contributed by atoms with E-state index < -0.39 is 71.9 Å². The fourth-order valence-electron chi connectivity index (χ4n) is 5.08. The molecule has 3 aliphatic rings. The van der Waals surface area contributed by atoms with Gasteiger partial charge in [-0.15, -0.1) is 22.0 Å². The number of rotatable bonds is 7. The second kappa shape index (κ2) is 9.51. The highest BCUT2D eigenvalue weighted by Crippen LogP contribution is 2.63. The largest absolute Gasteiger partial charge is 0.395 e. The van der Waals surface area contributed by atoms with E-state index in [1.807, 2.05) is 0 Å². The van der Waals surface area contributed by atoms with Gasteiger partial charge >= 0.3 is 6.72 Å². The van der Waals surface area contributed by atoms with E-state index in [-0.39, 0.29) is 34.1 Å². The predicted molar refractivity (Wildman–Crippen MR) is 141 cm³/mol. The molecular formula is C18H20FN12O8PS2. The maximum Gasteiger partial charge on any atom is 0.325 e. The zero-order valence-corrected chi connectivity index (χ0v) is 23.2. The second-order valence-electron chi connectivity index (χ2n) is 9.66. The summed E-state index contributed by atoms with van der Waals surface area (Å²) in [6, 6.07) is 0. The van der Waals surface area contributed by atoms with Gasteiger partial charge in [0.25, 0.3) is 5.56 Å². The number of halogens is 1. The van der Waals surface area contributed by atoms with Crippen molar-refractivity contribution in [1.29, 1.82) is 0 Å². The molecule has 7 rings (SSSR count). The van der Waals surface area contributed by atoms with Crippen molar-refractivity contribution in [3.8, 4) is 0 Å². The number of aromatic amines is 1. The Labute approximate surface area is 240 Å². The van der Waals surface area contributed by atoms with E-state index in [4.69, 9.17) is 37.1 Å². The minimum absolute atomic E-state index is 0.0156. The average Bonchev–Trinajstić information content (AvgIpc) is 3.45. The van der Waals surface area contributed by atoms with E-state index in [9.17, 15) is 25.0 Å². The van der Waals surface area contributed by atoms with Gasteiger partial charge in [-0.25, -0.2) is 19.0 Å². The normalized spacial score (nSPS) is 35.5. The first-order chi connectivity index (χ1) is 19.9. The van der Waals surface area contributed by atoms with Gasteiger partial charge in [-0.3, -0.25) is 18.8 Å². The lowest BCUT2D eigenvalue weighted by Gasteiger charge is -2.27. The van der Waals surface area contributed by atoms with Crippen LogP contribution in [0.25, 0.3) is 22.3 Å². The van der Waals surface area contributed by atoms with Crippen molar-refractivity contribution in [3.63, 3.8) is 0 Å². The fourth-order valence-corrected chi connectivity index (χ4v) is 8.29. The molecule has 4 aromatic rings. The summed E-state index contributed by atoms with van der Waals surface area (Å²) < 4.78 is 34.4. The molecule has 0 aromatic carbocycles. The van der Waals surface area contributed by atoms with Gasteiger partial charge in [-0.1, -0.05) is 10.4 Å². The molecule has 3 fully saturated rings. The molecule has 24 heteroatoms. The lowest BCUT2D eigenvalue weighted by Crippen LogP contribution is -2.36. The molecule has 20 nitrogen and oxygen atoms in total. The van der Waals surface area contributed by atoms with E-state index >= 15 is 4.39 Å². The first-order valence-electron chi connectivity index (χ1n) is 12.0. The van der Waals surface area contributed by atoms with E-state index in [0.717, 1.165) is 27.5 Å². The Morgan fingerprint density at radius 2 is 1.95 bits per heavy atom. The van der Waals surface area contributed by atoms with Crippen LogP contribution in [0.3, 0.4) is 0 Å². The lowest BCUT2D eigenvalue weighted by atomic mass is 10.1. The van der Waals surface area contributed by atoms with Gasteiger partial charge in [0, 0.05) is 0 Å². The van der Waals surface area contributed by atoms with Gasteiger partial charge in [0.05, 0.1) is 18.0 Å². The Morgan fingerprint density at radius 3 is 2.67 bits per heavy atom. The van der Waals surface area contributed by atoms with Gasteiger partial charge in [-0.05, 0) is 11.8 Å². The van der Waals surface area contributed by atoms with Crippen molar-refractivity contribution in [2.75, 3.05) is 18.1 Å². The van der Waals surface area contributed by atoms with Crippen LogP contribution >= 0.6 is 18.5 Å². The van der Waals surface area contributed by atoms with Crippen LogP contribution in [0.2, 0.25) is 0 Å². The molecule has 1 saturated carbocycles. The molecule has 2 aliphatic heterocycles. The molecule has 0 spiro atoms. The first kappa shape index (κ1) is 27.8. The number of nitrogens with zero attached hydrogens (tertiary/aromatic N) is 9. The Balaban J connectivity index is 1.11. The van der Waals surface area contributed by atoms with Crippen LogP contribution in [-0.2, 0) is 25.6 Å². The van der Waals surface area contributed by atoms with Crippen molar-refractivity contribution in [2.24, 2.45) is 0 Å². The average molecular weight is 647 g/mol. The molecule has 224 valence electrons. The number of nitrogen functional groups attached to an aromatic ring is 2. The van der Waals surface area contributed by atoms with Crippen LogP contribution in [0.4, 0.5) is 16.2 Å². The number of ether oxygens (including phenoxy) is 1. The van der Waals surface area contributed by atoms with Crippen molar-refractivity contribution >= 4 is 64.4 Å². The maximum atomic E-state index is 15.6. The van der Waals surface area contributed by atoms with E-state index in [1.54, 1.807) is 0 Å². The molecule has 6 heterocycles. The molecule has 42 heavy (non-hydrogen) atoms. The molecule has 0 radical (unpaired) electrons. The number of alkyl halides is 1. The van der Waals surface area contributed by atoms with Gasteiger partial charge < -0.3 is 36.4 Å². The van der Waals surface area contributed by atoms with Crippen molar-refractivity contribution < 1.29 is 38.4 Å². The SMILES string of the molecule is Nc1nc2c(nnn2[C@@H]2S[C@H](CO)[C@@H](O)[C@H]2OP(O)(=S)OC2[C@H]3O[C@@H](n4nnc5c(N)ncnc54)[C@@H](F)[C@@]23O)c(=O)[nH]1. The molecular weight excluding hydrogens is 626 g/mol. The van der Waals surface area contributed by atoms with Crippen LogP contribution < -0.4 is 17.0 Å². The van der Waals surface area contributed by atoms with E-state index in [2.05, 4.69) is 40.6 Å². The summed E-state index contributed by atoms with van der Waals surface area (Å²) >= 11 is 6.13. The summed E-state index contributed by atoms with van der Waals surface area (Å²) in [4.78, 5) is 37.3. The summed E-state index contributed by atoms with van der Waals surface area (Å²) in [7, 11) is 0. The number of anilines is 2. The Bertz CT molecular complexity index is 1830. The number of nitrogens with one attached hydrogen (secondary N) is 1. The standard InChI is InChI=1S/C18H20FN12O8PS2/c19-8-15(30-12-4(26-28-30)11(20)22-2-23-12)37-9-10(18(8,9)35)39-40(36,41)38-7-6(33)3(1-32)42-16(7)31-13-5(27-29-31)14(34)25-17(21)24-13/h2-3,6-10,15-16,32-33,35H,1H2,(H,36,41)(H2,20,22,23)(H3,21,24,25,34)/t3-,6-,7-,8-,9-,10?,15-,16-,18+,40?/m1/s1. The van der Waals surface area contributed by atoms with Crippen molar-refractivity contribution in [2.45, 2.75) is 53.0 Å². The van der Waals surface area contributed by atoms with Crippen LogP contribution in [0.15, 0.2) is 11.1 Å². The second-order valence-corrected chi connectivity index (χ2v) is 13.8. The zero-order valence-electron chi connectivity index (χ0n) is 20.6. The highest BCUT2D eigenvalue weighted by molar-refractivity contribution is 8.07. The maximum absolute atomic E-state index is 15.6. The quantitative estimate of drug-likeness (QED) is 0.0975. The van der Waals surface area contributed by atoms with Crippen molar-refractivity contribution in [3.05, 3.63) is 16.7 Å². The summed E-state index contributed by atoms with van der Waals surface area (Å²) in [6.07, 6.45) is -7.98. The number of aliphatic hydroxyl groups is 3. The van der Waals surface area contributed by atoms with Gasteiger partial charge in [0.2, 0.25) is 5.95 Å². The van der Waals surface area contributed by atoms with E-state index in [0.29, 0.717) is 0 Å². The lowest BCUT2D eigenvalue weighted by molar-refractivity contribution is -0.0675. The minimum Gasteiger partial charge on any atom is -0.395 e. The number of aromatic nitrogens is 10. The Kier molecular flexibility index (Phi) is 6.30. The smallest absolute Gasteiger partial charge is 0.325 e. The number of fused-ring (bicyclic) bond motifs is 3. The fraction of sp³-hybridized carbons (Fsp3) is 0.556. The molecule has 0 amide bonds. The number of H-pyrrole nitrogens is 1.